The Labute approximate surface area is 208 Å². The number of hydrogen-bond donors (Lipinski definition) is 1. The highest BCUT2D eigenvalue weighted by Crippen LogP contribution is 2.54. The van der Waals surface area contributed by atoms with Gasteiger partial charge >= 0.3 is 5.97 Å². The Hall–Kier alpha value is -3.30. The second-order valence-corrected chi connectivity index (χ2v) is 11.9. The zero-order chi connectivity index (χ0) is 24.8. The topological polar surface area (TPSA) is 67.8 Å². The molecule has 0 spiro atoms. The van der Waals surface area contributed by atoms with Gasteiger partial charge in [-0.2, -0.15) is 5.10 Å². The number of ether oxygens (including phenoxy) is 1. The molecule has 0 atom stereocenters. The van der Waals surface area contributed by atoms with Crippen molar-refractivity contribution in [3.8, 4) is 0 Å². The van der Waals surface area contributed by atoms with Gasteiger partial charge < -0.3 is 4.74 Å². The van der Waals surface area contributed by atoms with E-state index in [1.54, 1.807) is 0 Å². The fourth-order valence-electron chi connectivity index (χ4n) is 4.16. The van der Waals surface area contributed by atoms with Crippen molar-refractivity contribution in [2.75, 3.05) is 13.3 Å². The van der Waals surface area contributed by atoms with E-state index in [4.69, 9.17) is 0 Å². The number of unbranched alkanes of at least 4 members (excludes halogenated alkanes) is 3. The summed E-state index contributed by atoms with van der Waals surface area (Å²) in [4.78, 5) is 23.4. The van der Waals surface area contributed by atoms with Crippen LogP contribution in [0.15, 0.2) is 96.1 Å². The van der Waals surface area contributed by atoms with Gasteiger partial charge in [-0.05, 0) is 49.2 Å². The van der Waals surface area contributed by atoms with Gasteiger partial charge in [-0.25, -0.2) is 5.43 Å². The van der Waals surface area contributed by atoms with Crippen molar-refractivity contribution in [3.63, 3.8) is 0 Å². The normalized spacial score (nSPS) is 11.3. The second kappa shape index (κ2) is 14.2. The third-order valence-electron chi connectivity index (χ3n) is 5.99. The van der Waals surface area contributed by atoms with Crippen molar-refractivity contribution in [1.82, 2.24) is 5.43 Å². The second-order valence-electron chi connectivity index (χ2n) is 8.34. The minimum atomic E-state index is -2.00. The summed E-state index contributed by atoms with van der Waals surface area (Å²) in [6.07, 6.45) is 6.79. The van der Waals surface area contributed by atoms with Crippen LogP contribution in [0.5, 0.6) is 0 Å². The summed E-state index contributed by atoms with van der Waals surface area (Å²) >= 11 is 0. The van der Waals surface area contributed by atoms with Gasteiger partial charge in [-0.3, -0.25) is 9.59 Å². The van der Waals surface area contributed by atoms with Crippen molar-refractivity contribution in [2.24, 2.45) is 5.10 Å². The van der Waals surface area contributed by atoms with E-state index in [0.717, 1.165) is 25.7 Å². The Balaban J connectivity index is 1.67. The molecule has 1 N–H and O–H groups in total. The predicted molar refractivity (Wildman–Crippen MR) is 146 cm³/mol. The van der Waals surface area contributed by atoms with Crippen LogP contribution in [0.1, 0.15) is 38.5 Å². The Morgan fingerprint density at radius 2 is 1.20 bits per heavy atom. The first-order valence-corrected chi connectivity index (χ1v) is 14.1. The van der Waals surface area contributed by atoms with Crippen molar-refractivity contribution in [1.29, 1.82) is 0 Å². The minimum Gasteiger partial charge on any atom is -0.469 e. The summed E-state index contributed by atoms with van der Waals surface area (Å²) in [7, 11) is -0.595. The number of nitrogens with zero attached hydrogens (tertiary/aromatic N) is 1. The lowest BCUT2D eigenvalue weighted by atomic mass is 10.1. The van der Waals surface area contributed by atoms with E-state index in [-0.39, 0.29) is 11.9 Å². The van der Waals surface area contributed by atoms with Gasteiger partial charge in [-0.15, -0.1) is 0 Å². The molecule has 0 saturated carbocycles. The lowest BCUT2D eigenvalue weighted by Gasteiger charge is -2.26. The monoisotopic (exact) mass is 489 g/mol. The van der Waals surface area contributed by atoms with Crippen LogP contribution in [0, 0.1) is 0 Å². The number of methoxy groups -OCH3 is 1. The maximum Gasteiger partial charge on any atom is 0.305 e. The van der Waals surface area contributed by atoms with E-state index in [0.29, 0.717) is 19.0 Å². The van der Waals surface area contributed by atoms with Gasteiger partial charge in [-0.1, -0.05) is 67.4 Å². The molecule has 182 valence electrons. The third kappa shape index (κ3) is 7.60. The maximum absolute atomic E-state index is 12.3. The van der Waals surface area contributed by atoms with Gasteiger partial charge in [0.1, 0.15) is 29.3 Å². The Bertz CT molecular complexity index is 976. The van der Waals surface area contributed by atoms with Gasteiger partial charge in [0.05, 0.1) is 13.3 Å². The highest BCUT2D eigenvalue weighted by molar-refractivity contribution is 7.96. The largest absolute Gasteiger partial charge is 0.469 e. The fourth-order valence-corrected chi connectivity index (χ4v) is 8.05. The average molecular weight is 490 g/mol. The molecule has 35 heavy (non-hydrogen) atoms. The molecule has 0 aliphatic carbocycles. The molecule has 1 amide bonds. The van der Waals surface area contributed by atoms with Gasteiger partial charge in [0.2, 0.25) is 5.91 Å². The molecule has 0 radical (unpaired) electrons. The van der Waals surface area contributed by atoms with E-state index < -0.39 is 7.26 Å². The quantitative estimate of drug-likeness (QED) is 0.126. The zero-order valence-corrected chi connectivity index (χ0v) is 21.2. The number of esters is 1. The predicted octanol–water partition coefficient (Wildman–Crippen LogP) is 4.60. The number of amides is 1. The molecule has 3 aromatic carbocycles. The highest BCUT2D eigenvalue weighted by Gasteiger charge is 2.44. The summed E-state index contributed by atoms with van der Waals surface area (Å²) < 4.78 is 4.64. The number of benzene rings is 3. The molecule has 0 aliphatic rings. The lowest BCUT2D eigenvalue weighted by Crippen LogP contribution is -2.34. The minimum absolute atomic E-state index is 0.0858. The van der Waals surface area contributed by atoms with Crippen LogP contribution in [-0.2, 0) is 14.3 Å². The van der Waals surface area contributed by atoms with E-state index in [1.807, 2.05) is 24.4 Å². The first-order valence-electron chi connectivity index (χ1n) is 12.1. The van der Waals surface area contributed by atoms with E-state index in [9.17, 15) is 9.59 Å². The van der Waals surface area contributed by atoms with E-state index in [1.165, 1.54) is 23.0 Å². The molecule has 5 nitrogen and oxygen atoms in total. The SMILES string of the molecule is COC(=O)CCCCCCC(=O)N/N=C/C[P+](c1ccccc1)(c1ccccc1)c1ccccc1. The molecule has 0 aliphatic heterocycles. The zero-order valence-electron chi connectivity index (χ0n) is 20.3. The van der Waals surface area contributed by atoms with Crippen molar-refractivity contribution < 1.29 is 14.3 Å². The number of hydrogen-bond acceptors (Lipinski definition) is 4. The first-order chi connectivity index (χ1) is 17.2. The molecule has 3 rings (SSSR count). The van der Waals surface area contributed by atoms with Crippen LogP contribution in [0.25, 0.3) is 0 Å². The van der Waals surface area contributed by atoms with Crippen LogP contribution >= 0.6 is 7.26 Å². The van der Waals surface area contributed by atoms with Crippen molar-refractivity contribution >= 4 is 41.3 Å². The van der Waals surface area contributed by atoms with E-state index in [2.05, 4.69) is 88.1 Å². The number of rotatable bonds is 13. The van der Waals surface area contributed by atoms with E-state index >= 15 is 0 Å². The molecule has 0 saturated heterocycles. The lowest BCUT2D eigenvalue weighted by molar-refractivity contribution is -0.140. The number of carbonyl (C=O) groups is 2. The number of nitrogens with one attached hydrogen (secondary N) is 1. The summed E-state index contributed by atoms with van der Waals surface area (Å²) in [6, 6.07) is 31.8. The molecule has 3 aromatic rings. The molecule has 0 aromatic heterocycles. The van der Waals surface area contributed by atoms with Crippen LogP contribution in [0.2, 0.25) is 0 Å². The molecular weight excluding hydrogens is 455 g/mol. The van der Waals surface area contributed by atoms with Crippen LogP contribution in [0.3, 0.4) is 0 Å². The van der Waals surface area contributed by atoms with Crippen molar-refractivity contribution in [3.05, 3.63) is 91.0 Å². The summed E-state index contributed by atoms with van der Waals surface area (Å²) in [5.74, 6) is -0.269. The van der Waals surface area contributed by atoms with Crippen molar-refractivity contribution in [2.45, 2.75) is 38.5 Å². The molecule has 0 heterocycles. The van der Waals surface area contributed by atoms with Crippen LogP contribution < -0.4 is 21.3 Å². The summed E-state index contributed by atoms with van der Waals surface area (Å²) in [6.45, 7) is 0. The third-order valence-corrected chi connectivity index (χ3v) is 10.2. The summed E-state index contributed by atoms with van der Waals surface area (Å²) in [5.41, 5.74) is 2.70. The molecular formula is C29H34N2O3P+. The summed E-state index contributed by atoms with van der Waals surface area (Å²) in [5, 5.41) is 8.16. The maximum atomic E-state index is 12.3. The Kier molecular flexibility index (Phi) is 10.7. The fraction of sp³-hybridized carbons (Fsp3) is 0.276. The Morgan fingerprint density at radius 1 is 0.743 bits per heavy atom. The first kappa shape index (κ1) is 26.3. The van der Waals surface area contributed by atoms with Crippen LogP contribution in [0.4, 0.5) is 0 Å². The smallest absolute Gasteiger partial charge is 0.305 e. The molecule has 0 unspecified atom stereocenters. The van der Waals surface area contributed by atoms with Gasteiger partial charge in [0.25, 0.3) is 0 Å². The number of hydrazone groups is 1. The molecule has 0 bridgehead atoms. The Morgan fingerprint density at radius 3 is 1.66 bits per heavy atom. The van der Waals surface area contributed by atoms with Gasteiger partial charge in [0, 0.05) is 12.8 Å². The standard InChI is InChI=1S/C29H33N2O3P/c1-34-29(33)22-14-3-2-13-21-28(32)31-30-23-24-35(25-15-7-4-8-16-25,26-17-9-5-10-18-26)27-19-11-6-12-20-27/h4-12,15-20,23H,2-3,13-14,21-22,24H2,1H3/p+1/b30-23+. The molecule has 0 fully saturated rings. The van der Waals surface area contributed by atoms with Crippen LogP contribution in [-0.4, -0.2) is 31.4 Å². The average Bonchev–Trinajstić information content (AvgIpc) is 2.92. The number of carbonyl (C=O) groups excluding carboxylic acids is 2. The highest BCUT2D eigenvalue weighted by atomic mass is 31.2. The molecule has 6 heteroatoms. The van der Waals surface area contributed by atoms with Gasteiger partial charge in [0.15, 0.2) is 0 Å².